The van der Waals surface area contributed by atoms with Crippen LogP contribution in [0.3, 0.4) is 0 Å². The zero-order valence-electron chi connectivity index (χ0n) is 14.6. The van der Waals surface area contributed by atoms with Crippen molar-refractivity contribution in [3.05, 3.63) is 0 Å². The molecule has 0 saturated carbocycles. The van der Waals surface area contributed by atoms with E-state index in [-0.39, 0.29) is 12.4 Å². The van der Waals surface area contributed by atoms with Crippen LogP contribution in [0.4, 0.5) is 0 Å². The maximum Gasteiger partial charge on any atom is 0.223 e. The van der Waals surface area contributed by atoms with Crippen molar-refractivity contribution < 1.29 is 4.79 Å². The Kier molecular flexibility index (Phi) is 8.78. The summed E-state index contributed by atoms with van der Waals surface area (Å²) in [4.78, 5) is 15.0. The molecule has 3 atom stereocenters. The summed E-state index contributed by atoms with van der Waals surface area (Å²) in [6.07, 6.45) is 8.18. The van der Waals surface area contributed by atoms with Crippen LogP contribution in [0.15, 0.2) is 0 Å². The Morgan fingerprint density at radius 2 is 1.95 bits per heavy atom. The molecule has 2 rings (SSSR count). The van der Waals surface area contributed by atoms with E-state index in [1.54, 1.807) is 0 Å². The second-order valence-electron chi connectivity index (χ2n) is 7.65. The molecule has 1 N–H and O–H groups in total. The predicted octanol–water partition coefficient (Wildman–Crippen LogP) is 3.86. The lowest BCUT2D eigenvalue weighted by Gasteiger charge is -2.38. The molecule has 2 heterocycles. The van der Waals surface area contributed by atoms with Gasteiger partial charge in [-0.3, -0.25) is 4.79 Å². The van der Waals surface area contributed by atoms with Gasteiger partial charge in [-0.2, -0.15) is 0 Å². The Bertz CT molecular complexity index is 329. The van der Waals surface area contributed by atoms with E-state index in [1.807, 2.05) is 0 Å². The van der Waals surface area contributed by atoms with Crippen molar-refractivity contribution >= 4 is 18.3 Å². The van der Waals surface area contributed by atoms with Gasteiger partial charge in [0, 0.05) is 19.0 Å². The quantitative estimate of drug-likeness (QED) is 0.830. The van der Waals surface area contributed by atoms with Crippen molar-refractivity contribution in [1.29, 1.82) is 0 Å². The highest BCUT2D eigenvalue weighted by molar-refractivity contribution is 5.85. The summed E-state index contributed by atoms with van der Waals surface area (Å²) in [7, 11) is 0. The van der Waals surface area contributed by atoms with Gasteiger partial charge in [-0.05, 0) is 69.4 Å². The van der Waals surface area contributed by atoms with Crippen LogP contribution in [0.5, 0.6) is 0 Å². The molecule has 3 unspecified atom stereocenters. The first-order valence-electron chi connectivity index (χ1n) is 9.08. The Morgan fingerprint density at radius 3 is 2.59 bits per heavy atom. The van der Waals surface area contributed by atoms with Crippen LogP contribution >= 0.6 is 12.4 Å². The highest BCUT2D eigenvalue weighted by Gasteiger charge is 2.29. The lowest BCUT2D eigenvalue weighted by atomic mass is 9.84. The molecule has 22 heavy (non-hydrogen) atoms. The van der Waals surface area contributed by atoms with Gasteiger partial charge in [-0.25, -0.2) is 0 Å². The van der Waals surface area contributed by atoms with Crippen molar-refractivity contribution in [3.63, 3.8) is 0 Å². The van der Waals surface area contributed by atoms with Gasteiger partial charge in [0.15, 0.2) is 0 Å². The van der Waals surface area contributed by atoms with E-state index in [1.165, 1.54) is 38.5 Å². The van der Waals surface area contributed by atoms with E-state index >= 15 is 0 Å². The number of likely N-dealkylation sites (tertiary alicyclic amines) is 1. The van der Waals surface area contributed by atoms with Gasteiger partial charge in [0.2, 0.25) is 5.91 Å². The molecule has 0 radical (unpaired) electrons. The number of rotatable bonds is 5. The smallest absolute Gasteiger partial charge is 0.223 e. The second kappa shape index (κ2) is 9.77. The summed E-state index contributed by atoms with van der Waals surface area (Å²) < 4.78 is 0. The van der Waals surface area contributed by atoms with Gasteiger partial charge in [0.05, 0.1) is 0 Å². The summed E-state index contributed by atoms with van der Waals surface area (Å²) in [6, 6.07) is 0.503. The largest absolute Gasteiger partial charge is 0.340 e. The summed E-state index contributed by atoms with van der Waals surface area (Å²) in [5.41, 5.74) is 0. The molecular weight excluding hydrogens is 296 g/mol. The van der Waals surface area contributed by atoms with Crippen LogP contribution in [-0.4, -0.2) is 36.5 Å². The molecule has 0 aliphatic carbocycles. The molecule has 3 nitrogen and oxygen atoms in total. The summed E-state index contributed by atoms with van der Waals surface area (Å²) in [6.45, 7) is 10.1. The van der Waals surface area contributed by atoms with E-state index < -0.39 is 0 Å². The third-order valence-electron chi connectivity index (χ3n) is 5.33. The first kappa shape index (κ1) is 19.8. The molecule has 4 heteroatoms. The fourth-order valence-electron chi connectivity index (χ4n) is 4.04. The fraction of sp³-hybridized carbons (Fsp3) is 0.944. The Balaban J connectivity index is 0.00000242. The first-order valence-corrected chi connectivity index (χ1v) is 9.08. The minimum absolute atomic E-state index is 0. The van der Waals surface area contributed by atoms with Crippen molar-refractivity contribution in [2.75, 3.05) is 19.6 Å². The lowest BCUT2D eigenvalue weighted by Crippen LogP contribution is -2.45. The molecule has 2 saturated heterocycles. The van der Waals surface area contributed by atoms with Gasteiger partial charge in [0.1, 0.15) is 0 Å². The number of carbonyl (C=O) groups excluding carboxylic acids is 1. The van der Waals surface area contributed by atoms with E-state index in [0.717, 1.165) is 26.1 Å². The van der Waals surface area contributed by atoms with Gasteiger partial charge in [0.25, 0.3) is 0 Å². The summed E-state index contributed by atoms with van der Waals surface area (Å²) in [5.74, 6) is 2.31. The van der Waals surface area contributed by atoms with Crippen molar-refractivity contribution in [2.24, 2.45) is 17.8 Å². The molecule has 0 spiro atoms. The predicted molar refractivity (Wildman–Crippen MR) is 95.4 cm³/mol. The minimum atomic E-state index is 0. The molecule has 0 aromatic rings. The van der Waals surface area contributed by atoms with E-state index in [4.69, 9.17) is 0 Å². The monoisotopic (exact) mass is 330 g/mol. The van der Waals surface area contributed by atoms with Crippen molar-refractivity contribution in [2.45, 2.75) is 71.8 Å². The van der Waals surface area contributed by atoms with E-state index in [2.05, 4.69) is 31.0 Å². The standard InChI is InChI=1S/C18H34N2O.ClH/c1-14(2)11-17-8-4-5-10-20(17)18(21)12-15(3)16-7-6-9-19-13-16;/h14-17,19H,4-13H2,1-3H3;1H. The van der Waals surface area contributed by atoms with Crippen LogP contribution in [0.2, 0.25) is 0 Å². The molecule has 2 aliphatic rings. The third-order valence-corrected chi connectivity index (χ3v) is 5.33. The topological polar surface area (TPSA) is 32.3 Å². The second-order valence-corrected chi connectivity index (χ2v) is 7.65. The molecule has 0 bridgehead atoms. The number of nitrogens with one attached hydrogen (secondary N) is 1. The van der Waals surface area contributed by atoms with Gasteiger partial charge in [-0.15, -0.1) is 12.4 Å². The maximum atomic E-state index is 12.7. The number of hydrogen-bond acceptors (Lipinski definition) is 2. The van der Waals surface area contributed by atoms with Gasteiger partial charge in [-0.1, -0.05) is 20.8 Å². The van der Waals surface area contributed by atoms with E-state index in [9.17, 15) is 4.79 Å². The number of piperidine rings is 2. The highest BCUT2D eigenvalue weighted by Crippen LogP contribution is 2.27. The highest BCUT2D eigenvalue weighted by atomic mass is 35.5. The van der Waals surface area contributed by atoms with Crippen LogP contribution in [0, 0.1) is 17.8 Å². The number of halogens is 1. The van der Waals surface area contributed by atoms with Crippen molar-refractivity contribution in [1.82, 2.24) is 10.2 Å². The summed E-state index contributed by atoms with van der Waals surface area (Å²) in [5, 5.41) is 3.48. The van der Waals surface area contributed by atoms with Gasteiger partial charge < -0.3 is 10.2 Å². The van der Waals surface area contributed by atoms with Crippen LogP contribution in [-0.2, 0) is 4.79 Å². The SMILES string of the molecule is CC(C)CC1CCCCN1C(=O)CC(C)C1CCCNC1.Cl. The Morgan fingerprint density at radius 1 is 1.18 bits per heavy atom. The normalized spacial score (nSPS) is 27.4. The fourth-order valence-corrected chi connectivity index (χ4v) is 4.04. The lowest BCUT2D eigenvalue weighted by molar-refractivity contribution is -0.136. The number of hydrogen-bond donors (Lipinski definition) is 1. The number of nitrogens with zero attached hydrogens (tertiary/aromatic N) is 1. The Labute approximate surface area is 143 Å². The zero-order chi connectivity index (χ0) is 15.2. The first-order chi connectivity index (χ1) is 10.1. The van der Waals surface area contributed by atoms with Crippen LogP contribution in [0.1, 0.15) is 65.7 Å². The summed E-state index contributed by atoms with van der Waals surface area (Å²) >= 11 is 0. The molecule has 0 aromatic carbocycles. The van der Waals surface area contributed by atoms with Crippen LogP contribution < -0.4 is 5.32 Å². The third kappa shape index (κ3) is 5.73. The molecule has 0 aromatic heterocycles. The average molecular weight is 331 g/mol. The maximum absolute atomic E-state index is 12.7. The molecule has 2 fully saturated rings. The van der Waals surface area contributed by atoms with E-state index in [0.29, 0.717) is 29.7 Å². The molecular formula is C18H35ClN2O. The number of carbonyl (C=O) groups is 1. The Hall–Kier alpha value is -0.280. The minimum Gasteiger partial charge on any atom is -0.340 e. The number of amides is 1. The van der Waals surface area contributed by atoms with Gasteiger partial charge >= 0.3 is 0 Å². The average Bonchev–Trinajstić information content (AvgIpc) is 2.48. The zero-order valence-corrected chi connectivity index (χ0v) is 15.5. The van der Waals surface area contributed by atoms with Crippen LogP contribution in [0.25, 0.3) is 0 Å². The molecule has 130 valence electrons. The van der Waals surface area contributed by atoms with Crippen molar-refractivity contribution in [3.8, 4) is 0 Å². The molecule has 2 aliphatic heterocycles. The molecule has 1 amide bonds.